The number of hydrogen-bond acceptors (Lipinski definition) is 4. The Labute approximate surface area is 175 Å². The number of aromatic nitrogens is 2. The van der Waals surface area contributed by atoms with Crippen LogP contribution in [-0.4, -0.2) is 47.4 Å². The number of nitrogens with zero attached hydrogens (tertiary/aromatic N) is 3. The molecular formula is C21H25ClN4O3. The minimum Gasteiger partial charge on any atom is -0.381 e. The second kappa shape index (κ2) is 8.16. The van der Waals surface area contributed by atoms with E-state index in [2.05, 4.69) is 10.4 Å². The monoisotopic (exact) mass is 416 g/mol. The molecule has 1 unspecified atom stereocenters. The molecule has 1 atom stereocenters. The van der Waals surface area contributed by atoms with Crippen molar-refractivity contribution in [2.45, 2.75) is 37.1 Å². The summed E-state index contributed by atoms with van der Waals surface area (Å²) in [4.78, 5) is 28.2. The van der Waals surface area contributed by atoms with E-state index in [9.17, 15) is 9.59 Å². The highest BCUT2D eigenvalue weighted by atomic mass is 35.5. The Morgan fingerprint density at radius 1 is 1.28 bits per heavy atom. The molecule has 2 amide bonds. The van der Waals surface area contributed by atoms with Crippen molar-refractivity contribution in [1.29, 1.82) is 0 Å². The van der Waals surface area contributed by atoms with Crippen LogP contribution in [0.4, 0.5) is 5.82 Å². The van der Waals surface area contributed by atoms with Gasteiger partial charge in [-0.05, 0) is 37.3 Å². The summed E-state index contributed by atoms with van der Waals surface area (Å²) in [5.41, 5.74) is 0.0109. The number of benzene rings is 1. The molecule has 1 aromatic carbocycles. The van der Waals surface area contributed by atoms with Crippen LogP contribution < -0.4 is 10.2 Å². The number of halogens is 1. The van der Waals surface area contributed by atoms with E-state index in [0.29, 0.717) is 49.9 Å². The Morgan fingerprint density at radius 2 is 2.03 bits per heavy atom. The van der Waals surface area contributed by atoms with E-state index in [1.54, 1.807) is 21.8 Å². The lowest BCUT2D eigenvalue weighted by atomic mass is 9.73. The van der Waals surface area contributed by atoms with Crippen LogP contribution in [0.1, 0.15) is 31.2 Å². The zero-order chi connectivity index (χ0) is 20.4. The summed E-state index contributed by atoms with van der Waals surface area (Å²) in [6, 6.07) is 8.69. The molecule has 0 aliphatic carbocycles. The van der Waals surface area contributed by atoms with E-state index in [-0.39, 0.29) is 11.8 Å². The van der Waals surface area contributed by atoms with Crippen molar-refractivity contribution in [3.05, 3.63) is 47.1 Å². The average Bonchev–Trinajstić information content (AvgIpc) is 3.16. The van der Waals surface area contributed by atoms with E-state index in [1.165, 1.54) is 0 Å². The first kappa shape index (κ1) is 19.9. The molecular weight excluding hydrogens is 392 g/mol. The summed E-state index contributed by atoms with van der Waals surface area (Å²) >= 11 is 6.46. The van der Waals surface area contributed by atoms with Crippen LogP contribution in [0.25, 0.3) is 0 Å². The van der Waals surface area contributed by atoms with Gasteiger partial charge in [-0.15, -0.1) is 0 Å². The summed E-state index contributed by atoms with van der Waals surface area (Å²) < 4.78 is 7.18. The Bertz CT molecular complexity index is 907. The maximum Gasteiger partial charge on any atom is 0.250 e. The topological polar surface area (TPSA) is 76.5 Å². The second-order valence-electron chi connectivity index (χ2n) is 7.68. The summed E-state index contributed by atoms with van der Waals surface area (Å²) in [5, 5.41) is 7.93. The van der Waals surface area contributed by atoms with Crippen molar-refractivity contribution >= 4 is 29.2 Å². The zero-order valence-corrected chi connectivity index (χ0v) is 17.2. The van der Waals surface area contributed by atoms with Crippen molar-refractivity contribution < 1.29 is 14.3 Å². The largest absolute Gasteiger partial charge is 0.381 e. The number of amides is 2. The molecule has 2 aliphatic heterocycles. The number of nitrogens with one attached hydrogen (secondary N) is 1. The first-order chi connectivity index (χ1) is 14.0. The van der Waals surface area contributed by atoms with Crippen LogP contribution in [0.3, 0.4) is 0 Å². The first-order valence-electron chi connectivity index (χ1n) is 9.96. The molecule has 0 spiro atoms. The fraction of sp³-hybridized carbons (Fsp3) is 0.476. The lowest BCUT2D eigenvalue weighted by Gasteiger charge is -2.39. The molecule has 2 saturated heterocycles. The van der Waals surface area contributed by atoms with Gasteiger partial charge < -0.3 is 10.1 Å². The number of carbonyl (C=O) groups is 2. The molecule has 154 valence electrons. The Balaban J connectivity index is 1.57. The lowest BCUT2D eigenvalue weighted by Crippen LogP contribution is -2.57. The molecule has 3 heterocycles. The van der Waals surface area contributed by atoms with Crippen LogP contribution in [-0.2, 0) is 26.8 Å². The van der Waals surface area contributed by atoms with Crippen molar-refractivity contribution in [3.8, 4) is 0 Å². The van der Waals surface area contributed by atoms with E-state index in [1.807, 2.05) is 31.3 Å². The number of rotatable bonds is 4. The number of aryl methyl sites for hydroxylation is 1. The lowest BCUT2D eigenvalue weighted by molar-refractivity contribution is -0.134. The maximum atomic E-state index is 13.5. The van der Waals surface area contributed by atoms with Gasteiger partial charge in [0.2, 0.25) is 5.91 Å². The molecule has 8 heteroatoms. The van der Waals surface area contributed by atoms with Gasteiger partial charge in [0.25, 0.3) is 5.91 Å². The quantitative estimate of drug-likeness (QED) is 0.830. The van der Waals surface area contributed by atoms with Crippen LogP contribution in [0, 0.1) is 0 Å². The predicted octanol–water partition coefficient (Wildman–Crippen LogP) is 2.43. The smallest absolute Gasteiger partial charge is 0.250 e. The second-order valence-corrected chi connectivity index (χ2v) is 8.09. The van der Waals surface area contributed by atoms with Gasteiger partial charge >= 0.3 is 0 Å². The van der Waals surface area contributed by atoms with Crippen molar-refractivity contribution in [2.75, 3.05) is 24.7 Å². The highest BCUT2D eigenvalue weighted by Crippen LogP contribution is 2.39. The van der Waals surface area contributed by atoms with E-state index < -0.39 is 11.5 Å². The normalized spacial score (nSPS) is 21.8. The van der Waals surface area contributed by atoms with Crippen LogP contribution in [0.15, 0.2) is 36.5 Å². The number of piperidine rings is 1. The Hall–Kier alpha value is -2.38. The molecule has 0 saturated carbocycles. The molecule has 4 rings (SSSR count). The molecule has 2 fully saturated rings. The standard InChI is InChI=1S/C21H25ClN4O3/c1-25-12-8-18(24-25)26-11-4-7-17(19(26)27)23-20(28)21(9-13-29-14-10-21)15-5-2-3-6-16(15)22/h2-3,5-6,8,12,17H,4,7,9-11,13-14H2,1H3,(H,23,28). The van der Waals surface area contributed by atoms with Crippen molar-refractivity contribution in [3.63, 3.8) is 0 Å². The molecule has 2 aliphatic rings. The van der Waals surface area contributed by atoms with Crippen molar-refractivity contribution in [1.82, 2.24) is 15.1 Å². The molecule has 2 aromatic rings. The highest BCUT2D eigenvalue weighted by molar-refractivity contribution is 6.31. The molecule has 1 N–H and O–H groups in total. The van der Waals surface area contributed by atoms with Gasteiger partial charge in [0.05, 0.1) is 5.41 Å². The summed E-state index contributed by atoms with van der Waals surface area (Å²) in [5.74, 6) is 0.336. The van der Waals surface area contributed by atoms with E-state index >= 15 is 0 Å². The van der Waals surface area contributed by atoms with E-state index in [0.717, 1.165) is 12.0 Å². The predicted molar refractivity (Wildman–Crippen MR) is 110 cm³/mol. The van der Waals surface area contributed by atoms with Gasteiger partial charge in [0.1, 0.15) is 6.04 Å². The average molecular weight is 417 g/mol. The SMILES string of the molecule is Cn1ccc(N2CCCC(NC(=O)C3(c4ccccc4Cl)CCOCC3)C2=O)n1. The van der Waals surface area contributed by atoms with Gasteiger partial charge in [-0.3, -0.25) is 19.2 Å². The van der Waals surface area contributed by atoms with Gasteiger partial charge in [-0.1, -0.05) is 29.8 Å². The summed E-state index contributed by atoms with van der Waals surface area (Å²) in [6.45, 7) is 1.57. The number of carbonyl (C=O) groups excluding carboxylic acids is 2. The zero-order valence-electron chi connectivity index (χ0n) is 16.4. The number of anilines is 1. The Morgan fingerprint density at radius 3 is 2.72 bits per heavy atom. The fourth-order valence-corrected chi connectivity index (χ4v) is 4.58. The maximum absolute atomic E-state index is 13.5. The van der Waals surface area contributed by atoms with Crippen LogP contribution in [0.5, 0.6) is 0 Å². The van der Waals surface area contributed by atoms with Gasteiger partial charge in [-0.25, -0.2) is 0 Å². The molecule has 1 aromatic heterocycles. The third kappa shape index (κ3) is 3.76. The molecule has 0 bridgehead atoms. The number of ether oxygens (including phenoxy) is 1. The molecule has 29 heavy (non-hydrogen) atoms. The third-order valence-electron chi connectivity index (χ3n) is 5.89. The van der Waals surface area contributed by atoms with Crippen LogP contribution in [0.2, 0.25) is 5.02 Å². The van der Waals surface area contributed by atoms with Gasteiger partial charge in [-0.2, -0.15) is 5.10 Å². The summed E-state index contributed by atoms with van der Waals surface area (Å²) in [7, 11) is 1.82. The summed E-state index contributed by atoms with van der Waals surface area (Å²) in [6.07, 6.45) is 4.29. The minimum absolute atomic E-state index is 0.121. The van der Waals surface area contributed by atoms with E-state index in [4.69, 9.17) is 16.3 Å². The van der Waals surface area contributed by atoms with Gasteiger partial charge in [0, 0.05) is 44.1 Å². The molecule has 7 nitrogen and oxygen atoms in total. The highest BCUT2D eigenvalue weighted by Gasteiger charge is 2.45. The first-order valence-corrected chi connectivity index (χ1v) is 10.3. The van der Waals surface area contributed by atoms with Gasteiger partial charge in [0.15, 0.2) is 5.82 Å². The number of hydrogen-bond donors (Lipinski definition) is 1. The third-order valence-corrected chi connectivity index (χ3v) is 6.22. The Kier molecular flexibility index (Phi) is 5.61. The minimum atomic E-state index is -0.788. The van der Waals surface area contributed by atoms with Crippen molar-refractivity contribution in [2.24, 2.45) is 7.05 Å². The van der Waals surface area contributed by atoms with Crippen LogP contribution >= 0.6 is 11.6 Å². The fourth-order valence-electron chi connectivity index (χ4n) is 4.27. The molecule has 0 radical (unpaired) electrons.